The molecule has 3 aromatic rings. The Morgan fingerprint density at radius 1 is 1.13 bits per heavy atom. The van der Waals surface area contributed by atoms with Crippen LogP contribution < -0.4 is 10.1 Å². The van der Waals surface area contributed by atoms with Gasteiger partial charge in [-0.3, -0.25) is 0 Å². The third kappa shape index (κ3) is 3.40. The van der Waals surface area contributed by atoms with Gasteiger partial charge in [0, 0.05) is 23.6 Å². The fourth-order valence-electron chi connectivity index (χ4n) is 2.49. The zero-order valence-corrected chi connectivity index (χ0v) is 14.7. The highest BCUT2D eigenvalue weighted by molar-refractivity contribution is 9.10. The van der Waals surface area contributed by atoms with Crippen LogP contribution >= 0.6 is 15.9 Å². The minimum absolute atomic E-state index is 0.661. The Kier molecular flexibility index (Phi) is 4.67. The number of ether oxygens (including phenoxy) is 1. The maximum atomic E-state index is 5.38. The maximum Gasteiger partial charge on any atom is 0.203 e. The first-order chi connectivity index (χ1) is 11.2. The smallest absolute Gasteiger partial charge is 0.203 e. The van der Waals surface area contributed by atoms with E-state index in [0.717, 1.165) is 33.0 Å². The molecule has 1 N–H and O–H groups in total. The number of rotatable bonds is 5. The van der Waals surface area contributed by atoms with Crippen LogP contribution in [-0.4, -0.2) is 16.7 Å². The van der Waals surface area contributed by atoms with Gasteiger partial charge < -0.3 is 14.6 Å². The predicted molar refractivity (Wildman–Crippen MR) is 96.7 cm³/mol. The van der Waals surface area contributed by atoms with E-state index in [1.165, 1.54) is 0 Å². The minimum Gasteiger partial charge on any atom is -0.496 e. The van der Waals surface area contributed by atoms with E-state index in [1.54, 1.807) is 7.11 Å². The summed E-state index contributed by atoms with van der Waals surface area (Å²) in [5.74, 6) is 1.70. The Labute approximate surface area is 144 Å². The molecule has 0 spiro atoms. The van der Waals surface area contributed by atoms with Gasteiger partial charge in [-0.05, 0) is 23.8 Å². The number of para-hydroxylation sites is 1. The average Bonchev–Trinajstić information content (AvgIpc) is 2.95. The number of nitrogens with zero attached hydrogens (tertiary/aromatic N) is 2. The Bertz CT molecular complexity index is 796. The van der Waals surface area contributed by atoms with Gasteiger partial charge in [0.1, 0.15) is 5.75 Å². The first-order valence-electron chi connectivity index (χ1n) is 7.32. The molecule has 0 bridgehead atoms. The summed E-state index contributed by atoms with van der Waals surface area (Å²) in [5.41, 5.74) is 3.30. The molecule has 0 amide bonds. The first kappa shape index (κ1) is 15.6. The highest BCUT2D eigenvalue weighted by atomic mass is 79.9. The molecule has 5 heteroatoms. The van der Waals surface area contributed by atoms with Gasteiger partial charge in [-0.1, -0.05) is 46.3 Å². The van der Waals surface area contributed by atoms with Gasteiger partial charge in [0.25, 0.3) is 0 Å². The Balaban J connectivity index is 1.78. The molecule has 1 heterocycles. The van der Waals surface area contributed by atoms with Gasteiger partial charge in [-0.15, -0.1) is 0 Å². The van der Waals surface area contributed by atoms with Crippen molar-refractivity contribution in [1.82, 2.24) is 9.55 Å². The molecule has 0 saturated carbocycles. The predicted octanol–water partition coefficient (Wildman–Crippen LogP) is 4.47. The van der Waals surface area contributed by atoms with Gasteiger partial charge in [-0.25, -0.2) is 4.98 Å². The van der Waals surface area contributed by atoms with E-state index < -0.39 is 0 Å². The van der Waals surface area contributed by atoms with Crippen molar-refractivity contribution in [3.63, 3.8) is 0 Å². The molecule has 0 saturated heterocycles. The lowest BCUT2D eigenvalue weighted by molar-refractivity contribution is 0.410. The van der Waals surface area contributed by atoms with Crippen LogP contribution in [0.2, 0.25) is 0 Å². The third-order valence-corrected chi connectivity index (χ3v) is 4.29. The third-order valence-electron chi connectivity index (χ3n) is 3.76. The highest BCUT2D eigenvalue weighted by Gasteiger charge is 2.09. The summed E-state index contributed by atoms with van der Waals surface area (Å²) in [6.45, 7) is 0.661. The van der Waals surface area contributed by atoms with E-state index >= 15 is 0 Å². The van der Waals surface area contributed by atoms with Gasteiger partial charge >= 0.3 is 0 Å². The van der Waals surface area contributed by atoms with Crippen LogP contribution in [0.15, 0.2) is 59.2 Å². The van der Waals surface area contributed by atoms with E-state index in [-0.39, 0.29) is 0 Å². The number of methoxy groups -OCH3 is 1. The summed E-state index contributed by atoms with van der Waals surface area (Å²) in [6.07, 6.45) is 1.88. The zero-order chi connectivity index (χ0) is 16.2. The van der Waals surface area contributed by atoms with Gasteiger partial charge in [-0.2, -0.15) is 0 Å². The number of anilines is 1. The first-order valence-corrected chi connectivity index (χ1v) is 8.12. The molecule has 0 aliphatic heterocycles. The van der Waals surface area contributed by atoms with Gasteiger partial charge in [0.05, 0.1) is 19.0 Å². The number of imidazole rings is 1. The molecule has 1 aromatic heterocycles. The molecule has 4 nitrogen and oxygen atoms in total. The summed E-state index contributed by atoms with van der Waals surface area (Å²) in [4.78, 5) is 4.48. The van der Waals surface area contributed by atoms with Crippen molar-refractivity contribution in [3.8, 4) is 17.0 Å². The lowest BCUT2D eigenvalue weighted by atomic mass is 10.2. The Hall–Kier alpha value is -2.27. The number of benzene rings is 2. The summed E-state index contributed by atoms with van der Waals surface area (Å²) in [7, 11) is 3.69. The minimum atomic E-state index is 0.661. The number of hydrogen-bond acceptors (Lipinski definition) is 3. The SMILES string of the molecule is COc1ccccc1CNc1ncc(-c2ccc(Br)cc2)n1C. The molecule has 0 atom stereocenters. The number of nitrogens with one attached hydrogen (secondary N) is 1. The van der Waals surface area contributed by atoms with E-state index in [4.69, 9.17) is 4.74 Å². The van der Waals surface area contributed by atoms with Crippen molar-refractivity contribution in [2.45, 2.75) is 6.54 Å². The van der Waals surface area contributed by atoms with Crippen molar-refractivity contribution in [2.75, 3.05) is 12.4 Å². The second-order valence-corrected chi connectivity index (χ2v) is 6.11. The molecule has 0 aliphatic rings. The highest BCUT2D eigenvalue weighted by Crippen LogP contribution is 2.24. The van der Waals surface area contributed by atoms with Crippen molar-refractivity contribution in [1.29, 1.82) is 0 Å². The van der Waals surface area contributed by atoms with Gasteiger partial charge in [0.15, 0.2) is 0 Å². The Morgan fingerprint density at radius 2 is 1.87 bits per heavy atom. The lowest BCUT2D eigenvalue weighted by Crippen LogP contribution is -2.06. The molecule has 3 rings (SSSR count). The molecule has 0 fully saturated rings. The molecular weight excluding hydrogens is 354 g/mol. The van der Waals surface area contributed by atoms with Crippen molar-refractivity contribution >= 4 is 21.9 Å². The fraction of sp³-hybridized carbons (Fsp3) is 0.167. The summed E-state index contributed by atoms with van der Waals surface area (Å²) >= 11 is 3.46. The normalized spacial score (nSPS) is 10.6. The average molecular weight is 372 g/mol. The van der Waals surface area contributed by atoms with E-state index in [2.05, 4.69) is 42.9 Å². The topological polar surface area (TPSA) is 39.1 Å². The maximum absolute atomic E-state index is 5.38. The molecule has 118 valence electrons. The number of halogens is 1. The van der Waals surface area contributed by atoms with E-state index in [9.17, 15) is 0 Å². The molecule has 0 aliphatic carbocycles. The van der Waals surface area contributed by atoms with E-state index in [1.807, 2.05) is 49.6 Å². The van der Waals surface area contributed by atoms with E-state index in [0.29, 0.717) is 6.54 Å². The zero-order valence-electron chi connectivity index (χ0n) is 13.1. The molecule has 0 unspecified atom stereocenters. The lowest BCUT2D eigenvalue weighted by Gasteiger charge is -2.11. The van der Waals surface area contributed by atoms with Crippen LogP contribution in [0.25, 0.3) is 11.3 Å². The van der Waals surface area contributed by atoms with Crippen molar-refractivity contribution in [3.05, 3.63) is 64.8 Å². The number of aromatic nitrogens is 2. The second-order valence-electron chi connectivity index (χ2n) is 5.20. The van der Waals surface area contributed by atoms with Crippen LogP contribution in [0.1, 0.15) is 5.56 Å². The summed E-state index contributed by atoms with van der Waals surface area (Å²) in [5, 5.41) is 3.37. The molecule has 2 aromatic carbocycles. The van der Waals surface area contributed by atoms with Crippen molar-refractivity contribution in [2.24, 2.45) is 7.05 Å². The number of hydrogen-bond donors (Lipinski definition) is 1. The van der Waals surface area contributed by atoms with Crippen LogP contribution in [0, 0.1) is 0 Å². The summed E-state index contributed by atoms with van der Waals surface area (Å²) in [6, 6.07) is 16.2. The van der Waals surface area contributed by atoms with Crippen LogP contribution in [0.4, 0.5) is 5.95 Å². The summed E-state index contributed by atoms with van der Waals surface area (Å²) < 4.78 is 8.50. The monoisotopic (exact) mass is 371 g/mol. The largest absolute Gasteiger partial charge is 0.496 e. The van der Waals surface area contributed by atoms with Crippen LogP contribution in [0.5, 0.6) is 5.75 Å². The molecule has 23 heavy (non-hydrogen) atoms. The van der Waals surface area contributed by atoms with Crippen LogP contribution in [-0.2, 0) is 13.6 Å². The Morgan fingerprint density at radius 3 is 2.61 bits per heavy atom. The second kappa shape index (κ2) is 6.87. The standard InChI is InChI=1S/C18H18BrN3O/c1-22-16(13-7-9-15(19)10-8-13)12-21-18(22)20-11-14-5-3-4-6-17(14)23-2/h3-10,12H,11H2,1-2H3,(H,20,21). The quantitative estimate of drug-likeness (QED) is 0.718. The molecule has 0 radical (unpaired) electrons. The van der Waals surface area contributed by atoms with Crippen molar-refractivity contribution < 1.29 is 4.74 Å². The van der Waals surface area contributed by atoms with Gasteiger partial charge in [0.2, 0.25) is 5.95 Å². The molecular formula is C18H18BrN3O. The van der Waals surface area contributed by atoms with Crippen LogP contribution in [0.3, 0.4) is 0 Å². The fourth-order valence-corrected chi connectivity index (χ4v) is 2.75.